The molecule has 4 heteroatoms. The Hall–Kier alpha value is -0.930. The number of ketones is 1. The molecule has 1 aromatic heterocycles. The smallest absolute Gasteiger partial charge is 0.178 e. The third kappa shape index (κ3) is 3.13. The molecule has 0 unspecified atom stereocenters. The van der Waals surface area contributed by atoms with E-state index in [0.717, 1.165) is 0 Å². The SMILES string of the molecule is CN(C)CC(=O)c1ccc(Cl)nc1. The van der Waals surface area contributed by atoms with Crippen molar-refractivity contribution < 1.29 is 4.79 Å². The van der Waals surface area contributed by atoms with Crippen LogP contribution in [0.25, 0.3) is 0 Å². The third-order valence-electron chi connectivity index (χ3n) is 1.51. The standard InChI is InChI=1S/C9H11ClN2O/c1-12(2)6-8(13)7-3-4-9(10)11-5-7/h3-5H,6H2,1-2H3. The number of pyridine rings is 1. The quantitative estimate of drug-likeness (QED) is 0.545. The molecule has 0 aliphatic carbocycles. The number of carbonyl (C=O) groups is 1. The summed E-state index contributed by atoms with van der Waals surface area (Å²) in [5, 5.41) is 0.404. The Bertz CT molecular complexity index is 295. The zero-order chi connectivity index (χ0) is 9.84. The van der Waals surface area contributed by atoms with Crippen LogP contribution in [0.15, 0.2) is 18.3 Å². The summed E-state index contributed by atoms with van der Waals surface area (Å²) >= 11 is 5.59. The molecule has 0 aromatic carbocycles. The molecule has 0 spiro atoms. The minimum atomic E-state index is 0.0502. The maximum absolute atomic E-state index is 11.4. The van der Waals surface area contributed by atoms with E-state index in [1.165, 1.54) is 6.20 Å². The fourth-order valence-corrected chi connectivity index (χ4v) is 1.03. The molecule has 0 N–H and O–H groups in total. The molecule has 0 saturated carbocycles. The van der Waals surface area contributed by atoms with Gasteiger partial charge < -0.3 is 4.90 Å². The molecular formula is C9H11ClN2O. The average Bonchev–Trinajstić information content (AvgIpc) is 2.04. The van der Waals surface area contributed by atoms with Gasteiger partial charge in [-0.1, -0.05) is 11.6 Å². The average molecular weight is 199 g/mol. The highest BCUT2D eigenvalue weighted by Gasteiger charge is 2.06. The molecule has 0 radical (unpaired) electrons. The van der Waals surface area contributed by atoms with Crippen LogP contribution in [0, 0.1) is 0 Å². The van der Waals surface area contributed by atoms with Gasteiger partial charge in [-0.3, -0.25) is 4.79 Å². The van der Waals surface area contributed by atoms with Gasteiger partial charge in [0.05, 0.1) is 6.54 Å². The van der Waals surface area contributed by atoms with Crippen molar-refractivity contribution in [3.8, 4) is 0 Å². The summed E-state index contributed by atoms with van der Waals surface area (Å²) in [6.45, 7) is 0.392. The molecule has 13 heavy (non-hydrogen) atoms. The van der Waals surface area contributed by atoms with Crippen LogP contribution in [0.5, 0.6) is 0 Å². The van der Waals surface area contributed by atoms with E-state index in [1.807, 2.05) is 19.0 Å². The van der Waals surface area contributed by atoms with Gasteiger partial charge in [0.25, 0.3) is 0 Å². The van der Waals surface area contributed by atoms with E-state index in [-0.39, 0.29) is 5.78 Å². The highest BCUT2D eigenvalue weighted by molar-refractivity contribution is 6.29. The molecule has 1 aromatic rings. The maximum atomic E-state index is 11.4. The molecule has 1 heterocycles. The molecule has 0 aliphatic heterocycles. The third-order valence-corrected chi connectivity index (χ3v) is 1.73. The van der Waals surface area contributed by atoms with Crippen LogP contribution in [0.3, 0.4) is 0 Å². The van der Waals surface area contributed by atoms with Crippen LogP contribution in [0.2, 0.25) is 5.15 Å². The maximum Gasteiger partial charge on any atom is 0.178 e. The number of nitrogens with zero attached hydrogens (tertiary/aromatic N) is 2. The molecule has 0 aliphatic rings. The van der Waals surface area contributed by atoms with Crippen molar-refractivity contribution in [1.29, 1.82) is 0 Å². The first-order valence-electron chi connectivity index (χ1n) is 3.89. The lowest BCUT2D eigenvalue weighted by Crippen LogP contribution is -2.21. The first kappa shape index (κ1) is 10.2. The second-order valence-corrected chi connectivity index (χ2v) is 3.42. The normalized spacial score (nSPS) is 10.5. The van der Waals surface area contributed by atoms with Gasteiger partial charge in [-0.25, -0.2) is 4.98 Å². The van der Waals surface area contributed by atoms with Crippen molar-refractivity contribution in [1.82, 2.24) is 9.88 Å². The van der Waals surface area contributed by atoms with Crippen LogP contribution in [0.1, 0.15) is 10.4 Å². The molecular weight excluding hydrogens is 188 g/mol. The van der Waals surface area contributed by atoms with Crippen LogP contribution in [-0.4, -0.2) is 36.3 Å². The summed E-state index contributed by atoms with van der Waals surface area (Å²) in [6.07, 6.45) is 1.49. The number of hydrogen-bond acceptors (Lipinski definition) is 3. The Morgan fingerprint density at radius 1 is 1.54 bits per heavy atom. The summed E-state index contributed by atoms with van der Waals surface area (Å²) < 4.78 is 0. The Balaban J connectivity index is 2.72. The monoisotopic (exact) mass is 198 g/mol. The predicted octanol–water partition coefficient (Wildman–Crippen LogP) is 1.48. The van der Waals surface area contributed by atoms with E-state index in [2.05, 4.69) is 4.98 Å². The van der Waals surface area contributed by atoms with Gasteiger partial charge in [-0.2, -0.15) is 0 Å². The van der Waals surface area contributed by atoms with Crippen molar-refractivity contribution in [3.63, 3.8) is 0 Å². The predicted molar refractivity (Wildman–Crippen MR) is 52.1 cm³/mol. The van der Waals surface area contributed by atoms with Gasteiger partial charge in [0.15, 0.2) is 5.78 Å². The summed E-state index contributed by atoms with van der Waals surface area (Å²) in [5.74, 6) is 0.0502. The first-order valence-corrected chi connectivity index (χ1v) is 4.27. The van der Waals surface area contributed by atoms with Gasteiger partial charge in [0.2, 0.25) is 0 Å². The number of carbonyl (C=O) groups excluding carboxylic acids is 1. The lowest BCUT2D eigenvalue weighted by Gasteiger charge is -2.07. The van der Waals surface area contributed by atoms with Gasteiger partial charge in [-0.05, 0) is 26.2 Å². The molecule has 3 nitrogen and oxygen atoms in total. The summed E-state index contributed by atoms with van der Waals surface area (Å²) in [4.78, 5) is 17.1. The van der Waals surface area contributed by atoms with E-state index >= 15 is 0 Å². The minimum Gasteiger partial charge on any atom is -0.302 e. The van der Waals surface area contributed by atoms with Gasteiger partial charge >= 0.3 is 0 Å². The second kappa shape index (κ2) is 4.35. The van der Waals surface area contributed by atoms with E-state index < -0.39 is 0 Å². The lowest BCUT2D eigenvalue weighted by atomic mass is 10.2. The van der Waals surface area contributed by atoms with E-state index in [9.17, 15) is 4.79 Å². The Morgan fingerprint density at radius 2 is 2.23 bits per heavy atom. The summed E-state index contributed by atoms with van der Waals surface area (Å²) in [6, 6.07) is 3.30. The minimum absolute atomic E-state index is 0.0502. The van der Waals surface area contributed by atoms with Crippen molar-refractivity contribution in [2.75, 3.05) is 20.6 Å². The number of halogens is 1. The molecule has 0 amide bonds. The lowest BCUT2D eigenvalue weighted by molar-refractivity contribution is 0.0957. The zero-order valence-corrected chi connectivity index (χ0v) is 8.38. The molecule has 0 atom stereocenters. The number of Topliss-reactive ketones (excluding diaryl/α,β-unsaturated/α-hetero) is 1. The largest absolute Gasteiger partial charge is 0.302 e. The van der Waals surface area contributed by atoms with Gasteiger partial charge in [-0.15, -0.1) is 0 Å². The second-order valence-electron chi connectivity index (χ2n) is 3.03. The van der Waals surface area contributed by atoms with Crippen molar-refractivity contribution in [2.45, 2.75) is 0 Å². The zero-order valence-electron chi connectivity index (χ0n) is 7.62. The number of likely N-dealkylation sites (N-methyl/N-ethyl adjacent to an activating group) is 1. The molecule has 0 saturated heterocycles. The molecule has 0 fully saturated rings. The summed E-state index contributed by atoms with van der Waals surface area (Å²) in [7, 11) is 3.70. The van der Waals surface area contributed by atoms with Crippen LogP contribution in [-0.2, 0) is 0 Å². The van der Waals surface area contributed by atoms with Gasteiger partial charge in [0, 0.05) is 11.8 Å². The molecule has 1 rings (SSSR count). The van der Waals surface area contributed by atoms with E-state index in [1.54, 1.807) is 12.1 Å². The van der Waals surface area contributed by atoms with Crippen molar-refractivity contribution in [3.05, 3.63) is 29.0 Å². The van der Waals surface area contributed by atoms with E-state index in [0.29, 0.717) is 17.3 Å². The van der Waals surface area contributed by atoms with Gasteiger partial charge in [0.1, 0.15) is 5.15 Å². The number of rotatable bonds is 3. The van der Waals surface area contributed by atoms with Crippen LogP contribution < -0.4 is 0 Å². The van der Waals surface area contributed by atoms with Crippen LogP contribution >= 0.6 is 11.6 Å². The number of hydrogen-bond donors (Lipinski definition) is 0. The van der Waals surface area contributed by atoms with Crippen LogP contribution in [0.4, 0.5) is 0 Å². The number of aromatic nitrogens is 1. The topological polar surface area (TPSA) is 33.2 Å². The first-order chi connectivity index (χ1) is 6.09. The Morgan fingerprint density at radius 3 is 2.69 bits per heavy atom. The fraction of sp³-hybridized carbons (Fsp3) is 0.333. The Kier molecular flexibility index (Phi) is 3.39. The summed E-state index contributed by atoms with van der Waals surface area (Å²) in [5.41, 5.74) is 0.595. The van der Waals surface area contributed by atoms with Crippen molar-refractivity contribution in [2.24, 2.45) is 0 Å². The molecule has 70 valence electrons. The van der Waals surface area contributed by atoms with E-state index in [4.69, 9.17) is 11.6 Å². The highest BCUT2D eigenvalue weighted by atomic mass is 35.5. The molecule has 0 bridgehead atoms. The fourth-order valence-electron chi connectivity index (χ4n) is 0.919. The Labute approximate surface area is 82.3 Å². The highest BCUT2D eigenvalue weighted by Crippen LogP contribution is 2.05. The van der Waals surface area contributed by atoms with Crippen molar-refractivity contribution >= 4 is 17.4 Å².